The van der Waals surface area contributed by atoms with Crippen molar-refractivity contribution in [2.24, 2.45) is 0 Å². The average molecular weight is 242 g/mol. The van der Waals surface area contributed by atoms with Crippen molar-refractivity contribution in [3.63, 3.8) is 0 Å². The molecule has 1 atom stereocenters. The molecule has 1 N–H and O–H groups in total. The van der Waals surface area contributed by atoms with Gasteiger partial charge in [0.15, 0.2) is 0 Å². The second-order valence-electron chi connectivity index (χ2n) is 4.64. The lowest BCUT2D eigenvalue weighted by atomic mass is 10.1. The van der Waals surface area contributed by atoms with E-state index in [2.05, 4.69) is 10.3 Å². The number of hydrogen-bond donors (Lipinski definition) is 1. The van der Waals surface area contributed by atoms with Crippen molar-refractivity contribution in [1.29, 1.82) is 0 Å². The molecular formula is C15H15FN2. The van der Waals surface area contributed by atoms with E-state index in [0.29, 0.717) is 0 Å². The van der Waals surface area contributed by atoms with Crippen molar-refractivity contribution in [1.82, 2.24) is 10.3 Å². The first-order chi connectivity index (χ1) is 8.84. The van der Waals surface area contributed by atoms with Crippen LogP contribution in [0.2, 0.25) is 0 Å². The molecule has 92 valence electrons. The molecule has 0 aliphatic heterocycles. The monoisotopic (exact) mass is 242 g/mol. The third-order valence-electron chi connectivity index (χ3n) is 3.49. The summed E-state index contributed by atoms with van der Waals surface area (Å²) in [5.41, 5.74) is 3.14. The summed E-state index contributed by atoms with van der Waals surface area (Å²) in [6.45, 7) is 0.772. The third-order valence-corrected chi connectivity index (χ3v) is 3.49. The molecule has 0 bridgehead atoms. The summed E-state index contributed by atoms with van der Waals surface area (Å²) in [5.74, 6) is -0.0711. The highest BCUT2D eigenvalue weighted by Gasteiger charge is 2.24. The van der Waals surface area contributed by atoms with Crippen molar-refractivity contribution in [3.8, 4) is 0 Å². The summed E-state index contributed by atoms with van der Waals surface area (Å²) < 4.78 is 13.6. The van der Waals surface area contributed by atoms with Gasteiger partial charge in [-0.25, -0.2) is 4.39 Å². The Morgan fingerprint density at radius 2 is 2.22 bits per heavy atom. The predicted molar refractivity (Wildman–Crippen MR) is 68.5 cm³/mol. The number of fused-ring (bicyclic) bond motifs is 1. The van der Waals surface area contributed by atoms with Gasteiger partial charge in [-0.2, -0.15) is 0 Å². The number of aromatic nitrogens is 1. The lowest BCUT2D eigenvalue weighted by molar-refractivity contribution is 0.529. The first-order valence-corrected chi connectivity index (χ1v) is 6.24. The van der Waals surface area contributed by atoms with Crippen LogP contribution >= 0.6 is 0 Å². The number of pyridine rings is 1. The van der Waals surface area contributed by atoms with E-state index in [0.717, 1.165) is 36.1 Å². The minimum absolute atomic E-state index is 0.0711. The molecule has 0 fully saturated rings. The normalized spacial score (nSPS) is 17.7. The van der Waals surface area contributed by atoms with Crippen LogP contribution in [0, 0.1) is 5.82 Å². The Balaban J connectivity index is 1.72. The largest absolute Gasteiger partial charge is 0.306 e. The molecule has 3 heteroatoms. The second-order valence-corrected chi connectivity index (χ2v) is 4.64. The molecule has 0 radical (unpaired) electrons. The minimum Gasteiger partial charge on any atom is -0.306 e. The van der Waals surface area contributed by atoms with Crippen molar-refractivity contribution in [3.05, 3.63) is 65.2 Å². The molecule has 2 aromatic rings. The van der Waals surface area contributed by atoms with Crippen LogP contribution in [0.1, 0.15) is 29.2 Å². The third kappa shape index (κ3) is 2.14. The number of rotatable bonds is 3. The van der Waals surface area contributed by atoms with E-state index in [1.54, 1.807) is 18.3 Å². The molecule has 1 unspecified atom stereocenters. The maximum atomic E-state index is 13.6. The quantitative estimate of drug-likeness (QED) is 0.895. The summed E-state index contributed by atoms with van der Waals surface area (Å²) in [6.07, 6.45) is 5.42. The molecule has 0 saturated heterocycles. The summed E-state index contributed by atoms with van der Waals surface area (Å²) in [7, 11) is 0. The van der Waals surface area contributed by atoms with E-state index < -0.39 is 0 Å². The Bertz CT molecular complexity index is 539. The molecule has 0 spiro atoms. The number of nitrogens with zero attached hydrogens (tertiary/aromatic N) is 1. The summed E-state index contributed by atoms with van der Waals surface area (Å²) >= 11 is 0. The zero-order chi connectivity index (χ0) is 12.4. The Labute approximate surface area is 106 Å². The Kier molecular flexibility index (Phi) is 3.07. The van der Waals surface area contributed by atoms with Crippen LogP contribution in [0.4, 0.5) is 4.39 Å². The van der Waals surface area contributed by atoms with Gasteiger partial charge < -0.3 is 5.32 Å². The SMILES string of the molecule is Fc1cccc2c1CCC2NCc1cccnc1. The number of halogens is 1. The van der Waals surface area contributed by atoms with Crippen molar-refractivity contribution in [2.45, 2.75) is 25.4 Å². The van der Waals surface area contributed by atoms with Crippen LogP contribution < -0.4 is 5.32 Å². The van der Waals surface area contributed by atoms with E-state index in [9.17, 15) is 4.39 Å². The van der Waals surface area contributed by atoms with Crippen LogP contribution in [0.15, 0.2) is 42.7 Å². The van der Waals surface area contributed by atoms with Gasteiger partial charge in [-0.05, 0) is 41.7 Å². The molecule has 18 heavy (non-hydrogen) atoms. The molecule has 1 aromatic carbocycles. The summed E-state index contributed by atoms with van der Waals surface area (Å²) in [5, 5.41) is 3.47. The van der Waals surface area contributed by atoms with Gasteiger partial charge in [0.1, 0.15) is 5.82 Å². The van der Waals surface area contributed by atoms with Gasteiger partial charge in [0.05, 0.1) is 0 Å². The lowest BCUT2D eigenvalue weighted by Gasteiger charge is -2.13. The average Bonchev–Trinajstić information content (AvgIpc) is 2.82. The predicted octanol–water partition coefficient (Wildman–Crippen LogP) is 3.00. The topological polar surface area (TPSA) is 24.9 Å². The standard InChI is InChI=1S/C15H15FN2/c16-14-5-1-4-13-12(14)6-7-15(13)18-10-11-3-2-8-17-9-11/h1-5,8-9,15,18H,6-7,10H2. The number of hydrogen-bond acceptors (Lipinski definition) is 2. The van der Waals surface area contributed by atoms with Crippen molar-refractivity contribution in [2.75, 3.05) is 0 Å². The van der Waals surface area contributed by atoms with Gasteiger partial charge in [0.25, 0.3) is 0 Å². The molecule has 1 aliphatic carbocycles. The number of benzene rings is 1. The van der Waals surface area contributed by atoms with Gasteiger partial charge in [-0.1, -0.05) is 18.2 Å². The van der Waals surface area contributed by atoms with Crippen LogP contribution in [-0.4, -0.2) is 4.98 Å². The van der Waals surface area contributed by atoms with E-state index in [1.807, 2.05) is 24.4 Å². The van der Waals surface area contributed by atoms with Gasteiger partial charge >= 0.3 is 0 Å². The molecule has 0 saturated carbocycles. The van der Waals surface area contributed by atoms with Gasteiger partial charge in [-0.15, -0.1) is 0 Å². The molecule has 1 heterocycles. The van der Waals surface area contributed by atoms with Gasteiger partial charge in [0, 0.05) is 25.0 Å². The summed E-state index contributed by atoms with van der Waals surface area (Å²) in [4.78, 5) is 4.09. The van der Waals surface area contributed by atoms with E-state index >= 15 is 0 Å². The van der Waals surface area contributed by atoms with E-state index in [-0.39, 0.29) is 11.9 Å². The molecule has 3 rings (SSSR count). The highest BCUT2D eigenvalue weighted by molar-refractivity contribution is 5.35. The van der Waals surface area contributed by atoms with Gasteiger partial charge in [-0.3, -0.25) is 4.98 Å². The zero-order valence-electron chi connectivity index (χ0n) is 10.1. The smallest absolute Gasteiger partial charge is 0.126 e. The fraction of sp³-hybridized carbons (Fsp3) is 0.267. The fourth-order valence-electron chi connectivity index (χ4n) is 2.57. The first kappa shape index (κ1) is 11.4. The molecule has 1 aliphatic rings. The van der Waals surface area contributed by atoms with Crippen LogP contribution in [0.5, 0.6) is 0 Å². The summed E-state index contributed by atoms with van der Waals surface area (Å²) in [6, 6.07) is 9.59. The van der Waals surface area contributed by atoms with Crippen LogP contribution in [-0.2, 0) is 13.0 Å². The highest BCUT2D eigenvalue weighted by Crippen LogP contribution is 2.32. The Morgan fingerprint density at radius 1 is 1.28 bits per heavy atom. The first-order valence-electron chi connectivity index (χ1n) is 6.24. The molecule has 1 aromatic heterocycles. The van der Waals surface area contributed by atoms with Gasteiger partial charge in [0.2, 0.25) is 0 Å². The van der Waals surface area contributed by atoms with Crippen LogP contribution in [0.3, 0.4) is 0 Å². The zero-order valence-corrected chi connectivity index (χ0v) is 10.1. The van der Waals surface area contributed by atoms with E-state index in [4.69, 9.17) is 0 Å². The maximum absolute atomic E-state index is 13.6. The minimum atomic E-state index is -0.0711. The van der Waals surface area contributed by atoms with Crippen molar-refractivity contribution >= 4 is 0 Å². The lowest BCUT2D eigenvalue weighted by Crippen LogP contribution is -2.18. The van der Waals surface area contributed by atoms with Crippen LogP contribution in [0.25, 0.3) is 0 Å². The van der Waals surface area contributed by atoms with E-state index in [1.165, 1.54) is 0 Å². The highest BCUT2D eigenvalue weighted by atomic mass is 19.1. The molecule has 2 nitrogen and oxygen atoms in total. The Morgan fingerprint density at radius 3 is 3.06 bits per heavy atom. The second kappa shape index (κ2) is 4.86. The molecule has 0 amide bonds. The maximum Gasteiger partial charge on any atom is 0.126 e. The number of nitrogens with one attached hydrogen (secondary N) is 1. The molecular weight excluding hydrogens is 227 g/mol. The van der Waals surface area contributed by atoms with Crippen molar-refractivity contribution < 1.29 is 4.39 Å². The Hall–Kier alpha value is -1.74. The fourth-order valence-corrected chi connectivity index (χ4v) is 2.57.